The molecule has 0 saturated heterocycles. The highest BCUT2D eigenvalue weighted by molar-refractivity contribution is 5.18. The van der Waals surface area contributed by atoms with Gasteiger partial charge in [-0.05, 0) is 24.6 Å². The Morgan fingerprint density at radius 2 is 1.88 bits per heavy atom. The number of aromatic nitrogens is 1. The van der Waals surface area contributed by atoms with E-state index in [2.05, 4.69) is 4.98 Å². The summed E-state index contributed by atoms with van der Waals surface area (Å²) in [5.41, 5.74) is 8.12. The third-order valence-electron chi connectivity index (χ3n) is 2.33. The van der Waals surface area contributed by atoms with Gasteiger partial charge >= 0.3 is 0 Å². The number of rotatable bonds is 3. The molecule has 0 bridgehead atoms. The molecule has 1 unspecified atom stereocenters. The number of nitrogens with one attached hydrogen (secondary N) is 1. The highest BCUT2D eigenvalue weighted by Crippen LogP contribution is 2.08. The zero-order chi connectivity index (χ0) is 12.5. The maximum absolute atomic E-state index is 5.78. The molecule has 92 valence electrons. The first-order chi connectivity index (χ1) is 8.24. The van der Waals surface area contributed by atoms with Crippen molar-refractivity contribution in [1.29, 1.82) is 0 Å². The standard InChI is InChI=1S/C9H13NO.C5H7N/c1-11-7-9(10)8-5-3-2-4-6-8;1-5-3-2-4-6-5/h2-6,9H,7,10H2,1H3;2-4,6H,1H3. The third kappa shape index (κ3) is 5.33. The van der Waals surface area contributed by atoms with Gasteiger partial charge in [0.05, 0.1) is 12.6 Å². The van der Waals surface area contributed by atoms with E-state index in [4.69, 9.17) is 10.5 Å². The molecule has 3 heteroatoms. The van der Waals surface area contributed by atoms with Crippen LogP contribution in [0.1, 0.15) is 17.3 Å². The minimum absolute atomic E-state index is 0.00111. The van der Waals surface area contributed by atoms with E-state index < -0.39 is 0 Å². The lowest BCUT2D eigenvalue weighted by atomic mass is 10.1. The number of benzene rings is 1. The van der Waals surface area contributed by atoms with Crippen LogP contribution in [0.15, 0.2) is 48.7 Å². The number of hydrogen-bond acceptors (Lipinski definition) is 2. The van der Waals surface area contributed by atoms with Crippen LogP contribution in [-0.4, -0.2) is 18.7 Å². The molecular weight excluding hydrogens is 212 g/mol. The Balaban J connectivity index is 0.000000202. The van der Waals surface area contributed by atoms with Crippen LogP contribution in [0.5, 0.6) is 0 Å². The average molecular weight is 232 g/mol. The van der Waals surface area contributed by atoms with E-state index in [0.717, 1.165) is 5.56 Å². The van der Waals surface area contributed by atoms with E-state index in [-0.39, 0.29) is 6.04 Å². The minimum atomic E-state index is 0.00111. The predicted octanol–water partition coefficient (Wildman–Crippen LogP) is 2.66. The summed E-state index contributed by atoms with van der Waals surface area (Å²) in [6.45, 7) is 2.60. The SMILES string of the molecule is COCC(N)c1ccccc1.Cc1ccc[nH]1. The molecular formula is C14H20N2O. The zero-order valence-corrected chi connectivity index (χ0v) is 10.4. The van der Waals surface area contributed by atoms with Gasteiger partial charge in [0.2, 0.25) is 0 Å². The van der Waals surface area contributed by atoms with Gasteiger partial charge in [0.1, 0.15) is 0 Å². The van der Waals surface area contributed by atoms with E-state index in [1.54, 1.807) is 7.11 Å². The Hall–Kier alpha value is -1.58. The number of H-pyrrole nitrogens is 1. The monoisotopic (exact) mass is 232 g/mol. The molecule has 1 aromatic carbocycles. The summed E-state index contributed by atoms with van der Waals surface area (Å²) >= 11 is 0. The van der Waals surface area contributed by atoms with Crippen LogP contribution < -0.4 is 5.73 Å². The Morgan fingerprint density at radius 3 is 2.29 bits per heavy atom. The number of aryl methyl sites for hydroxylation is 1. The summed E-state index contributed by atoms with van der Waals surface area (Å²) in [7, 11) is 1.66. The van der Waals surface area contributed by atoms with Gasteiger partial charge in [-0.25, -0.2) is 0 Å². The van der Waals surface area contributed by atoms with Gasteiger partial charge in [0.25, 0.3) is 0 Å². The van der Waals surface area contributed by atoms with Crippen molar-refractivity contribution >= 4 is 0 Å². The van der Waals surface area contributed by atoms with Crippen LogP contribution in [0.3, 0.4) is 0 Å². The second-order valence-corrected chi connectivity index (χ2v) is 3.83. The fourth-order valence-electron chi connectivity index (χ4n) is 1.40. The molecule has 1 heterocycles. The third-order valence-corrected chi connectivity index (χ3v) is 2.33. The average Bonchev–Trinajstić information content (AvgIpc) is 2.83. The van der Waals surface area contributed by atoms with Crippen LogP contribution in [0, 0.1) is 6.92 Å². The van der Waals surface area contributed by atoms with E-state index in [9.17, 15) is 0 Å². The Kier molecular flexibility index (Phi) is 6.07. The first-order valence-corrected chi connectivity index (χ1v) is 5.63. The number of ether oxygens (including phenoxy) is 1. The molecule has 0 saturated carbocycles. The molecule has 17 heavy (non-hydrogen) atoms. The highest BCUT2D eigenvalue weighted by Gasteiger charge is 2.02. The fourth-order valence-corrected chi connectivity index (χ4v) is 1.40. The van der Waals surface area contributed by atoms with E-state index in [1.807, 2.05) is 55.6 Å². The molecule has 2 rings (SSSR count). The number of aromatic amines is 1. The summed E-state index contributed by atoms with van der Waals surface area (Å²) in [4.78, 5) is 3.00. The molecule has 0 aliphatic rings. The lowest BCUT2D eigenvalue weighted by Crippen LogP contribution is -2.15. The fraction of sp³-hybridized carbons (Fsp3) is 0.286. The molecule has 1 atom stereocenters. The highest BCUT2D eigenvalue weighted by atomic mass is 16.5. The van der Waals surface area contributed by atoms with Gasteiger partial charge in [-0.3, -0.25) is 0 Å². The van der Waals surface area contributed by atoms with Crippen molar-refractivity contribution < 1.29 is 4.74 Å². The first kappa shape index (κ1) is 13.5. The van der Waals surface area contributed by atoms with Crippen LogP contribution in [0.4, 0.5) is 0 Å². The van der Waals surface area contributed by atoms with Gasteiger partial charge < -0.3 is 15.5 Å². The zero-order valence-electron chi connectivity index (χ0n) is 10.4. The summed E-state index contributed by atoms with van der Waals surface area (Å²) in [5.74, 6) is 0. The summed E-state index contributed by atoms with van der Waals surface area (Å²) < 4.78 is 4.93. The van der Waals surface area contributed by atoms with E-state index in [1.165, 1.54) is 5.69 Å². The maximum atomic E-state index is 5.78. The van der Waals surface area contributed by atoms with Crippen molar-refractivity contribution in [3.05, 3.63) is 59.9 Å². The van der Waals surface area contributed by atoms with Gasteiger partial charge in [-0.1, -0.05) is 30.3 Å². The van der Waals surface area contributed by atoms with Crippen LogP contribution in [-0.2, 0) is 4.74 Å². The summed E-state index contributed by atoms with van der Waals surface area (Å²) in [6.07, 6.45) is 1.91. The second-order valence-electron chi connectivity index (χ2n) is 3.83. The molecule has 0 aliphatic carbocycles. The molecule has 0 spiro atoms. The number of methoxy groups -OCH3 is 1. The lowest BCUT2D eigenvalue weighted by Gasteiger charge is -2.09. The predicted molar refractivity (Wildman–Crippen MR) is 70.8 cm³/mol. The maximum Gasteiger partial charge on any atom is 0.0655 e. The van der Waals surface area contributed by atoms with Gasteiger partial charge in [-0.2, -0.15) is 0 Å². The van der Waals surface area contributed by atoms with Crippen LogP contribution in [0.2, 0.25) is 0 Å². The molecule has 3 nitrogen and oxygen atoms in total. The topological polar surface area (TPSA) is 51.0 Å². The lowest BCUT2D eigenvalue weighted by molar-refractivity contribution is 0.181. The largest absolute Gasteiger partial charge is 0.383 e. The molecule has 0 radical (unpaired) electrons. The molecule has 0 amide bonds. The molecule has 2 aromatic rings. The first-order valence-electron chi connectivity index (χ1n) is 5.63. The van der Waals surface area contributed by atoms with Crippen molar-refractivity contribution in [3.63, 3.8) is 0 Å². The van der Waals surface area contributed by atoms with Crippen molar-refractivity contribution in [3.8, 4) is 0 Å². The van der Waals surface area contributed by atoms with Crippen molar-refractivity contribution in [2.24, 2.45) is 5.73 Å². The quantitative estimate of drug-likeness (QED) is 0.854. The van der Waals surface area contributed by atoms with Crippen molar-refractivity contribution in [1.82, 2.24) is 4.98 Å². The van der Waals surface area contributed by atoms with Crippen molar-refractivity contribution in [2.45, 2.75) is 13.0 Å². The minimum Gasteiger partial charge on any atom is -0.383 e. The van der Waals surface area contributed by atoms with Gasteiger partial charge in [0, 0.05) is 19.0 Å². The van der Waals surface area contributed by atoms with E-state index in [0.29, 0.717) is 6.61 Å². The molecule has 0 fully saturated rings. The van der Waals surface area contributed by atoms with Crippen molar-refractivity contribution in [2.75, 3.05) is 13.7 Å². The van der Waals surface area contributed by atoms with Crippen LogP contribution in [0.25, 0.3) is 0 Å². The van der Waals surface area contributed by atoms with Gasteiger partial charge in [-0.15, -0.1) is 0 Å². The smallest absolute Gasteiger partial charge is 0.0655 e. The van der Waals surface area contributed by atoms with Gasteiger partial charge in [0.15, 0.2) is 0 Å². The Bertz CT molecular complexity index is 384. The normalized spacial score (nSPS) is 11.5. The molecule has 3 N–H and O–H groups in total. The summed E-state index contributed by atoms with van der Waals surface area (Å²) in [5, 5.41) is 0. The Labute approximate surface area is 103 Å². The molecule has 0 aliphatic heterocycles. The molecule has 1 aromatic heterocycles. The number of hydrogen-bond donors (Lipinski definition) is 2. The summed E-state index contributed by atoms with van der Waals surface area (Å²) in [6, 6.07) is 13.9. The van der Waals surface area contributed by atoms with Crippen LogP contribution >= 0.6 is 0 Å². The Morgan fingerprint density at radius 1 is 1.18 bits per heavy atom. The second kappa shape index (κ2) is 7.65. The van der Waals surface area contributed by atoms with E-state index >= 15 is 0 Å². The number of nitrogens with two attached hydrogens (primary N) is 1.